The Labute approximate surface area is 101 Å². The van der Waals surface area contributed by atoms with Gasteiger partial charge in [-0.3, -0.25) is 0 Å². The highest BCUT2D eigenvalue weighted by atomic mass is 35.5. The van der Waals surface area contributed by atoms with Crippen molar-refractivity contribution in [3.05, 3.63) is 34.6 Å². The quantitative estimate of drug-likeness (QED) is 0.852. The lowest BCUT2D eigenvalue weighted by molar-refractivity contribution is 0.372. The highest BCUT2D eigenvalue weighted by molar-refractivity contribution is 6.30. The molecule has 1 aliphatic rings. The molecular weight excluding hydrogens is 225 g/mol. The van der Waals surface area contributed by atoms with Gasteiger partial charge in [-0.2, -0.15) is 0 Å². The Kier molecular flexibility index (Phi) is 3.22. The first kappa shape index (κ1) is 11.9. The van der Waals surface area contributed by atoms with E-state index in [9.17, 15) is 4.39 Å². The van der Waals surface area contributed by atoms with Crippen LogP contribution in [0.1, 0.15) is 25.3 Å². The van der Waals surface area contributed by atoms with Gasteiger partial charge in [-0.25, -0.2) is 4.39 Å². The molecule has 1 N–H and O–H groups in total. The van der Waals surface area contributed by atoms with Gasteiger partial charge in [0, 0.05) is 6.04 Å². The molecule has 1 atom stereocenters. The van der Waals surface area contributed by atoms with E-state index in [4.69, 9.17) is 11.6 Å². The average Bonchev–Trinajstić information content (AvgIpc) is 3.00. The number of hydrogen-bond acceptors (Lipinski definition) is 1. The minimum absolute atomic E-state index is 0.216. The maximum absolute atomic E-state index is 13.7. The van der Waals surface area contributed by atoms with Crippen LogP contribution in [0, 0.1) is 11.2 Å². The number of halogens is 2. The Balaban J connectivity index is 2.16. The lowest BCUT2D eigenvalue weighted by atomic mass is 9.92. The number of benzene rings is 1. The predicted octanol–water partition coefficient (Wildman–Crippen LogP) is 3.41. The molecule has 1 aliphatic carbocycles. The van der Waals surface area contributed by atoms with E-state index >= 15 is 0 Å². The summed E-state index contributed by atoms with van der Waals surface area (Å²) in [5.41, 5.74) is 1.05. The number of rotatable bonds is 4. The van der Waals surface area contributed by atoms with Crippen LogP contribution in [-0.4, -0.2) is 13.1 Å². The van der Waals surface area contributed by atoms with Gasteiger partial charge in [-0.15, -0.1) is 0 Å². The fourth-order valence-corrected chi connectivity index (χ4v) is 2.36. The molecule has 0 aromatic heterocycles. The van der Waals surface area contributed by atoms with Crippen molar-refractivity contribution in [2.45, 2.75) is 32.2 Å². The van der Waals surface area contributed by atoms with E-state index in [0.29, 0.717) is 23.4 Å². The van der Waals surface area contributed by atoms with E-state index in [1.807, 2.05) is 19.2 Å². The molecule has 0 bridgehead atoms. The van der Waals surface area contributed by atoms with Crippen molar-refractivity contribution in [3.63, 3.8) is 0 Å². The van der Waals surface area contributed by atoms with Crippen LogP contribution in [0.3, 0.4) is 0 Å². The molecule has 1 nitrogen and oxygen atoms in total. The van der Waals surface area contributed by atoms with Gasteiger partial charge in [-0.05, 0) is 43.4 Å². The first-order chi connectivity index (χ1) is 7.57. The molecule has 3 heteroatoms. The van der Waals surface area contributed by atoms with Crippen LogP contribution in [-0.2, 0) is 6.42 Å². The van der Waals surface area contributed by atoms with Crippen molar-refractivity contribution in [2.75, 3.05) is 7.05 Å². The highest BCUT2D eigenvalue weighted by Crippen LogP contribution is 2.49. The van der Waals surface area contributed by atoms with Crippen LogP contribution < -0.4 is 5.32 Å². The second-order valence-corrected chi connectivity index (χ2v) is 5.32. The van der Waals surface area contributed by atoms with E-state index < -0.39 is 0 Å². The Morgan fingerprint density at radius 3 is 2.75 bits per heavy atom. The molecule has 0 amide bonds. The Morgan fingerprint density at radius 1 is 1.50 bits per heavy atom. The fraction of sp³-hybridized carbons (Fsp3) is 0.538. The third-order valence-electron chi connectivity index (χ3n) is 3.68. The van der Waals surface area contributed by atoms with Crippen LogP contribution in [0.25, 0.3) is 0 Å². The third kappa shape index (κ3) is 2.23. The summed E-state index contributed by atoms with van der Waals surface area (Å²) in [6.07, 6.45) is 3.15. The van der Waals surface area contributed by atoms with Crippen molar-refractivity contribution in [1.29, 1.82) is 0 Å². The van der Waals surface area contributed by atoms with Gasteiger partial charge in [0.15, 0.2) is 0 Å². The summed E-state index contributed by atoms with van der Waals surface area (Å²) >= 11 is 5.77. The Hall–Kier alpha value is -0.600. The fourth-order valence-electron chi connectivity index (χ4n) is 2.17. The Morgan fingerprint density at radius 2 is 2.19 bits per heavy atom. The van der Waals surface area contributed by atoms with E-state index in [2.05, 4.69) is 12.2 Å². The van der Waals surface area contributed by atoms with Crippen molar-refractivity contribution >= 4 is 11.6 Å². The van der Waals surface area contributed by atoms with Gasteiger partial charge in [-0.1, -0.05) is 30.7 Å². The van der Waals surface area contributed by atoms with Gasteiger partial charge in [0.25, 0.3) is 0 Å². The molecular formula is C13H17ClFN. The van der Waals surface area contributed by atoms with Gasteiger partial charge in [0.2, 0.25) is 0 Å². The second kappa shape index (κ2) is 4.34. The van der Waals surface area contributed by atoms with E-state index in [1.54, 1.807) is 6.07 Å². The van der Waals surface area contributed by atoms with Crippen LogP contribution in [0.15, 0.2) is 18.2 Å². The lowest BCUT2D eigenvalue weighted by Crippen LogP contribution is -2.35. The second-order valence-electron chi connectivity index (χ2n) is 4.91. The van der Waals surface area contributed by atoms with Crippen LogP contribution in [0.5, 0.6) is 0 Å². The van der Waals surface area contributed by atoms with Crippen molar-refractivity contribution in [1.82, 2.24) is 5.32 Å². The topological polar surface area (TPSA) is 12.0 Å². The predicted molar refractivity (Wildman–Crippen MR) is 65.3 cm³/mol. The number of likely N-dealkylation sites (N-methyl/N-ethyl adjacent to an activating group) is 1. The average molecular weight is 242 g/mol. The molecule has 0 radical (unpaired) electrons. The maximum atomic E-state index is 13.7. The molecule has 1 fully saturated rings. The zero-order chi connectivity index (χ0) is 11.8. The van der Waals surface area contributed by atoms with E-state index in [0.717, 1.165) is 0 Å². The van der Waals surface area contributed by atoms with Crippen molar-refractivity contribution in [3.8, 4) is 0 Å². The zero-order valence-electron chi connectivity index (χ0n) is 9.69. The molecule has 88 valence electrons. The molecule has 0 heterocycles. The number of hydrogen-bond donors (Lipinski definition) is 1. The van der Waals surface area contributed by atoms with Gasteiger partial charge in [0.05, 0.1) is 5.02 Å². The summed E-state index contributed by atoms with van der Waals surface area (Å²) in [5, 5.41) is 3.51. The summed E-state index contributed by atoms with van der Waals surface area (Å²) in [6.45, 7) is 2.25. The summed E-state index contributed by atoms with van der Waals surface area (Å²) in [6, 6.07) is 5.55. The van der Waals surface area contributed by atoms with E-state index in [1.165, 1.54) is 12.8 Å². The van der Waals surface area contributed by atoms with Gasteiger partial charge >= 0.3 is 0 Å². The molecule has 1 saturated carbocycles. The summed E-state index contributed by atoms with van der Waals surface area (Å²) in [4.78, 5) is 0. The summed E-state index contributed by atoms with van der Waals surface area (Å²) < 4.78 is 13.7. The molecule has 16 heavy (non-hydrogen) atoms. The maximum Gasteiger partial charge on any atom is 0.145 e. The first-order valence-electron chi connectivity index (χ1n) is 5.67. The molecule has 2 rings (SSSR count). The van der Waals surface area contributed by atoms with Gasteiger partial charge < -0.3 is 5.32 Å². The summed E-state index contributed by atoms with van der Waals surface area (Å²) in [5.74, 6) is -0.270. The molecule has 0 spiro atoms. The smallest absolute Gasteiger partial charge is 0.145 e. The zero-order valence-corrected chi connectivity index (χ0v) is 10.4. The van der Waals surface area contributed by atoms with Crippen molar-refractivity contribution < 1.29 is 4.39 Å². The van der Waals surface area contributed by atoms with E-state index in [-0.39, 0.29) is 10.8 Å². The molecule has 0 aliphatic heterocycles. The standard InChI is InChI=1S/C13H17ClFN/c1-13(6-7-13)11(16-2)8-9-4-3-5-10(14)12(9)15/h3-5,11,16H,6-8H2,1-2H3. The van der Waals surface area contributed by atoms with Gasteiger partial charge in [0.1, 0.15) is 5.82 Å². The summed E-state index contributed by atoms with van der Waals surface area (Å²) in [7, 11) is 1.94. The lowest BCUT2D eigenvalue weighted by Gasteiger charge is -2.23. The highest BCUT2D eigenvalue weighted by Gasteiger charge is 2.44. The Bertz CT molecular complexity index is 388. The molecule has 1 aromatic carbocycles. The van der Waals surface area contributed by atoms with Crippen LogP contribution >= 0.6 is 11.6 Å². The number of nitrogens with one attached hydrogen (secondary N) is 1. The SMILES string of the molecule is CNC(Cc1cccc(Cl)c1F)C1(C)CC1. The van der Waals surface area contributed by atoms with Crippen LogP contribution in [0.2, 0.25) is 5.02 Å². The van der Waals surface area contributed by atoms with Crippen LogP contribution in [0.4, 0.5) is 4.39 Å². The van der Waals surface area contributed by atoms with Crippen molar-refractivity contribution in [2.24, 2.45) is 5.41 Å². The minimum atomic E-state index is -0.270. The molecule has 1 unspecified atom stereocenters. The minimum Gasteiger partial charge on any atom is -0.316 e. The molecule has 0 saturated heterocycles. The normalized spacial score (nSPS) is 19.5. The monoisotopic (exact) mass is 241 g/mol. The largest absolute Gasteiger partial charge is 0.316 e. The first-order valence-corrected chi connectivity index (χ1v) is 6.05. The molecule has 1 aromatic rings. The third-order valence-corrected chi connectivity index (χ3v) is 3.98.